The molecule has 2 heterocycles. The summed E-state index contributed by atoms with van der Waals surface area (Å²) in [6.07, 6.45) is 1.91. The summed E-state index contributed by atoms with van der Waals surface area (Å²) in [7, 11) is 1.53. The Hall–Kier alpha value is -1.66. The van der Waals surface area contributed by atoms with E-state index < -0.39 is 12.0 Å². The fraction of sp³-hybridized carbons (Fsp3) is 0.417. The van der Waals surface area contributed by atoms with E-state index in [2.05, 4.69) is 9.97 Å². The topological polar surface area (TPSA) is 77.2 Å². The number of imidazole rings is 1. The van der Waals surface area contributed by atoms with Crippen LogP contribution in [0.3, 0.4) is 0 Å². The molecule has 0 saturated heterocycles. The van der Waals surface area contributed by atoms with Crippen LogP contribution >= 0.6 is 11.6 Å². The molecule has 1 unspecified atom stereocenters. The average Bonchev–Trinajstić information content (AvgIpc) is 2.68. The summed E-state index contributed by atoms with van der Waals surface area (Å²) in [4.78, 5) is 19.9. The molecule has 0 amide bonds. The van der Waals surface area contributed by atoms with Crippen LogP contribution < -0.4 is 0 Å². The van der Waals surface area contributed by atoms with Gasteiger partial charge >= 0.3 is 5.97 Å². The van der Waals surface area contributed by atoms with Crippen LogP contribution in [0.1, 0.15) is 25.2 Å². The van der Waals surface area contributed by atoms with E-state index in [4.69, 9.17) is 16.3 Å². The highest BCUT2D eigenvalue weighted by Gasteiger charge is 2.24. The van der Waals surface area contributed by atoms with E-state index in [0.29, 0.717) is 28.4 Å². The number of pyridine rings is 1. The minimum absolute atomic E-state index is 0.220. The summed E-state index contributed by atoms with van der Waals surface area (Å²) >= 11 is 5.87. The summed E-state index contributed by atoms with van der Waals surface area (Å²) in [6.45, 7) is 2.02. The van der Waals surface area contributed by atoms with E-state index in [-0.39, 0.29) is 6.61 Å². The van der Waals surface area contributed by atoms with E-state index >= 15 is 0 Å². The molecule has 19 heavy (non-hydrogen) atoms. The minimum Gasteiger partial charge on any atom is -0.480 e. The van der Waals surface area contributed by atoms with Crippen molar-refractivity contribution >= 4 is 28.7 Å². The lowest BCUT2D eigenvalue weighted by atomic mass is 10.2. The molecule has 0 aromatic carbocycles. The van der Waals surface area contributed by atoms with Crippen LogP contribution in [0.15, 0.2) is 12.3 Å². The van der Waals surface area contributed by atoms with Gasteiger partial charge in [0.2, 0.25) is 0 Å². The Labute approximate surface area is 115 Å². The van der Waals surface area contributed by atoms with Gasteiger partial charge in [-0.05, 0) is 12.5 Å². The minimum atomic E-state index is -0.920. The number of hydrogen-bond acceptors (Lipinski definition) is 4. The molecule has 6 nitrogen and oxygen atoms in total. The lowest BCUT2D eigenvalue weighted by molar-refractivity contribution is -0.141. The molecule has 1 N–H and O–H groups in total. The number of rotatable bonds is 5. The van der Waals surface area contributed by atoms with Gasteiger partial charge in [0.25, 0.3) is 0 Å². The molecule has 7 heteroatoms. The molecule has 0 bridgehead atoms. The number of methoxy groups -OCH3 is 1. The average molecular weight is 284 g/mol. The lowest BCUT2D eigenvalue weighted by Gasteiger charge is -2.15. The van der Waals surface area contributed by atoms with Crippen molar-refractivity contribution in [2.75, 3.05) is 7.11 Å². The zero-order chi connectivity index (χ0) is 14.0. The number of carboxylic acids is 1. The van der Waals surface area contributed by atoms with E-state index in [0.717, 1.165) is 0 Å². The monoisotopic (exact) mass is 283 g/mol. The van der Waals surface area contributed by atoms with Gasteiger partial charge in [-0.1, -0.05) is 18.5 Å². The summed E-state index contributed by atoms with van der Waals surface area (Å²) in [6, 6.07) is 0.942. The molecular formula is C12H14ClN3O3. The van der Waals surface area contributed by atoms with Gasteiger partial charge in [0.15, 0.2) is 5.65 Å². The van der Waals surface area contributed by atoms with Crippen molar-refractivity contribution in [1.29, 1.82) is 0 Å². The molecule has 0 aliphatic heterocycles. The number of halogens is 1. The van der Waals surface area contributed by atoms with Crippen LogP contribution in [0.5, 0.6) is 0 Å². The second-order valence-corrected chi connectivity index (χ2v) is 4.53. The smallest absolute Gasteiger partial charge is 0.326 e. The molecule has 0 spiro atoms. The number of ether oxygens (including phenoxy) is 1. The van der Waals surface area contributed by atoms with Crippen LogP contribution in [-0.2, 0) is 16.1 Å². The van der Waals surface area contributed by atoms with Crippen molar-refractivity contribution < 1.29 is 14.6 Å². The first-order valence-corrected chi connectivity index (χ1v) is 6.20. The van der Waals surface area contributed by atoms with Gasteiger partial charge in [-0.15, -0.1) is 0 Å². The summed E-state index contributed by atoms with van der Waals surface area (Å²) in [5.41, 5.74) is 1.07. The maximum absolute atomic E-state index is 11.4. The summed E-state index contributed by atoms with van der Waals surface area (Å²) < 4.78 is 6.66. The quantitative estimate of drug-likeness (QED) is 0.911. The van der Waals surface area contributed by atoms with Crippen molar-refractivity contribution in [3.05, 3.63) is 23.1 Å². The number of nitrogens with zero attached hydrogens (tertiary/aromatic N) is 3. The standard InChI is InChI=1S/C12H14ClN3O3/c1-3-9(12(17)18)16-10(6-19-2)15-8-4-7(13)5-14-11(8)16/h4-5,9H,3,6H2,1-2H3,(H,17,18). The van der Waals surface area contributed by atoms with E-state index in [1.54, 1.807) is 17.6 Å². The SMILES string of the molecule is CCC(C(=O)O)n1c(COC)nc2cc(Cl)cnc21. The van der Waals surface area contributed by atoms with Gasteiger partial charge < -0.3 is 9.84 Å². The first-order chi connectivity index (χ1) is 9.08. The van der Waals surface area contributed by atoms with Crippen LogP contribution in [0, 0.1) is 0 Å². The Morgan fingerprint density at radius 2 is 2.37 bits per heavy atom. The molecule has 0 fully saturated rings. The molecule has 102 valence electrons. The predicted octanol–water partition coefficient (Wildman–Crippen LogP) is 2.27. The summed E-state index contributed by atoms with van der Waals surface area (Å²) in [5.74, 6) is -0.391. The molecule has 0 saturated carbocycles. The number of aromatic nitrogens is 3. The van der Waals surface area contributed by atoms with Crippen molar-refractivity contribution in [3.63, 3.8) is 0 Å². The van der Waals surface area contributed by atoms with Gasteiger partial charge in [-0.2, -0.15) is 0 Å². The van der Waals surface area contributed by atoms with Crippen LogP contribution in [0.25, 0.3) is 11.2 Å². The van der Waals surface area contributed by atoms with Crippen molar-refractivity contribution in [2.45, 2.75) is 26.0 Å². The molecular weight excluding hydrogens is 270 g/mol. The Morgan fingerprint density at radius 3 is 2.95 bits per heavy atom. The third kappa shape index (κ3) is 2.54. The first-order valence-electron chi connectivity index (χ1n) is 5.82. The molecule has 0 aliphatic rings. The van der Waals surface area contributed by atoms with Gasteiger partial charge in [0, 0.05) is 13.3 Å². The largest absolute Gasteiger partial charge is 0.480 e. The van der Waals surface area contributed by atoms with Crippen molar-refractivity contribution in [1.82, 2.24) is 14.5 Å². The molecule has 1 atom stereocenters. The lowest BCUT2D eigenvalue weighted by Crippen LogP contribution is -2.21. The van der Waals surface area contributed by atoms with Crippen LogP contribution in [0.2, 0.25) is 5.02 Å². The maximum atomic E-state index is 11.4. The number of fused-ring (bicyclic) bond motifs is 1. The second kappa shape index (κ2) is 5.54. The predicted molar refractivity (Wildman–Crippen MR) is 70.2 cm³/mol. The fourth-order valence-corrected chi connectivity index (χ4v) is 2.18. The Kier molecular flexibility index (Phi) is 4.01. The Morgan fingerprint density at radius 1 is 1.63 bits per heavy atom. The number of aliphatic carboxylic acids is 1. The summed E-state index contributed by atoms with van der Waals surface area (Å²) in [5, 5.41) is 9.77. The molecule has 2 rings (SSSR count). The highest BCUT2D eigenvalue weighted by atomic mass is 35.5. The normalized spacial score (nSPS) is 12.8. The molecule has 0 radical (unpaired) electrons. The second-order valence-electron chi connectivity index (χ2n) is 4.09. The first kappa shape index (κ1) is 13.8. The van der Waals surface area contributed by atoms with Gasteiger partial charge in [-0.25, -0.2) is 14.8 Å². The molecule has 2 aromatic heterocycles. The Balaban J connectivity index is 2.67. The number of carboxylic acid groups (broad SMARTS) is 1. The van der Waals surface area contributed by atoms with Crippen molar-refractivity contribution in [2.24, 2.45) is 0 Å². The zero-order valence-electron chi connectivity index (χ0n) is 10.6. The van der Waals surface area contributed by atoms with E-state index in [1.165, 1.54) is 13.3 Å². The maximum Gasteiger partial charge on any atom is 0.326 e. The van der Waals surface area contributed by atoms with Gasteiger partial charge in [0.05, 0.1) is 5.02 Å². The third-order valence-electron chi connectivity index (χ3n) is 2.83. The highest BCUT2D eigenvalue weighted by Crippen LogP contribution is 2.24. The van der Waals surface area contributed by atoms with Crippen LogP contribution in [-0.4, -0.2) is 32.7 Å². The highest BCUT2D eigenvalue weighted by molar-refractivity contribution is 6.31. The molecule has 0 aliphatic carbocycles. The van der Waals surface area contributed by atoms with E-state index in [1.807, 2.05) is 0 Å². The molecule has 2 aromatic rings. The Bertz CT molecular complexity index is 612. The zero-order valence-corrected chi connectivity index (χ0v) is 11.4. The van der Waals surface area contributed by atoms with E-state index in [9.17, 15) is 9.90 Å². The third-order valence-corrected chi connectivity index (χ3v) is 3.03. The van der Waals surface area contributed by atoms with Gasteiger partial charge in [0.1, 0.15) is 24.0 Å². The fourth-order valence-electron chi connectivity index (χ4n) is 2.03. The van der Waals surface area contributed by atoms with Crippen LogP contribution in [0.4, 0.5) is 0 Å². The van der Waals surface area contributed by atoms with Gasteiger partial charge in [-0.3, -0.25) is 4.57 Å². The van der Waals surface area contributed by atoms with Crippen molar-refractivity contribution in [3.8, 4) is 0 Å². The number of carbonyl (C=O) groups is 1. The number of hydrogen-bond donors (Lipinski definition) is 1.